The predicted octanol–water partition coefficient (Wildman–Crippen LogP) is 2.74. The SMILES string of the molecule is CC1(C)[C@H](N)[C@H]1c1ccc(N2CCCC2)cc1. The molecule has 2 atom stereocenters. The van der Waals surface area contributed by atoms with E-state index in [9.17, 15) is 0 Å². The molecular formula is C15H22N2. The molecule has 0 bridgehead atoms. The van der Waals surface area contributed by atoms with E-state index in [4.69, 9.17) is 5.73 Å². The van der Waals surface area contributed by atoms with Crippen molar-refractivity contribution < 1.29 is 0 Å². The third kappa shape index (κ3) is 1.75. The van der Waals surface area contributed by atoms with E-state index in [-0.39, 0.29) is 5.41 Å². The summed E-state index contributed by atoms with van der Waals surface area (Å²) < 4.78 is 0. The zero-order chi connectivity index (χ0) is 12.0. The van der Waals surface area contributed by atoms with E-state index < -0.39 is 0 Å². The highest BCUT2D eigenvalue weighted by Gasteiger charge is 2.55. The standard InChI is InChI=1S/C15H22N2/c1-15(2)13(14(15)16)11-5-7-12(8-6-11)17-9-3-4-10-17/h5-8,13-14H,3-4,9-10,16H2,1-2H3/t13-,14-/m1/s1. The molecule has 0 unspecified atom stereocenters. The Labute approximate surface area is 104 Å². The highest BCUT2D eigenvalue weighted by Crippen LogP contribution is 2.57. The minimum atomic E-state index is 0.287. The minimum Gasteiger partial charge on any atom is -0.372 e. The van der Waals surface area contributed by atoms with Crippen molar-refractivity contribution in [3.05, 3.63) is 29.8 Å². The van der Waals surface area contributed by atoms with Crippen LogP contribution in [-0.2, 0) is 0 Å². The highest BCUT2D eigenvalue weighted by molar-refractivity contribution is 5.50. The molecule has 1 aliphatic carbocycles. The molecule has 0 amide bonds. The van der Waals surface area contributed by atoms with Gasteiger partial charge in [0.25, 0.3) is 0 Å². The molecule has 3 rings (SSSR count). The summed E-state index contributed by atoms with van der Waals surface area (Å²) in [5, 5.41) is 0. The Balaban J connectivity index is 1.77. The second-order valence-electron chi connectivity index (χ2n) is 6.11. The molecule has 2 heteroatoms. The number of hydrogen-bond acceptors (Lipinski definition) is 2. The van der Waals surface area contributed by atoms with Gasteiger partial charge in [-0.3, -0.25) is 0 Å². The van der Waals surface area contributed by atoms with Crippen molar-refractivity contribution >= 4 is 5.69 Å². The van der Waals surface area contributed by atoms with E-state index >= 15 is 0 Å². The minimum absolute atomic E-state index is 0.287. The van der Waals surface area contributed by atoms with Gasteiger partial charge in [-0.05, 0) is 36.0 Å². The van der Waals surface area contributed by atoms with Crippen LogP contribution >= 0.6 is 0 Å². The lowest BCUT2D eigenvalue weighted by Gasteiger charge is -2.17. The fraction of sp³-hybridized carbons (Fsp3) is 0.600. The highest BCUT2D eigenvalue weighted by atomic mass is 15.1. The van der Waals surface area contributed by atoms with Crippen LogP contribution in [-0.4, -0.2) is 19.1 Å². The normalized spacial score (nSPS) is 30.6. The van der Waals surface area contributed by atoms with Crippen LogP contribution in [0.25, 0.3) is 0 Å². The van der Waals surface area contributed by atoms with Gasteiger partial charge in [-0.15, -0.1) is 0 Å². The van der Waals surface area contributed by atoms with Crippen LogP contribution in [0.3, 0.4) is 0 Å². The summed E-state index contributed by atoms with van der Waals surface area (Å²) >= 11 is 0. The van der Waals surface area contributed by atoms with E-state index in [0.29, 0.717) is 12.0 Å². The van der Waals surface area contributed by atoms with Crippen LogP contribution in [0.4, 0.5) is 5.69 Å². The molecule has 2 fully saturated rings. The van der Waals surface area contributed by atoms with Crippen molar-refractivity contribution in [2.75, 3.05) is 18.0 Å². The first-order valence-corrected chi connectivity index (χ1v) is 6.71. The van der Waals surface area contributed by atoms with Gasteiger partial charge in [-0.1, -0.05) is 26.0 Å². The van der Waals surface area contributed by atoms with E-state index in [1.54, 1.807) is 0 Å². The zero-order valence-corrected chi connectivity index (χ0v) is 10.8. The van der Waals surface area contributed by atoms with Gasteiger partial charge >= 0.3 is 0 Å². The maximum Gasteiger partial charge on any atom is 0.0366 e. The van der Waals surface area contributed by atoms with Crippen LogP contribution in [0.2, 0.25) is 0 Å². The Hall–Kier alpha value is -1.02. The molecule has 2 nitrogen and oxygen atoms in total. The van der Waals surface area contributed by atoms with Crippen molar-refractivity contribution in [2.24, 2.45) is 11.1 Å². The molecule has 1 aromatic carbocycles. The Morgan fingerprint density at radius 1 is 1.12 bits per heavy atom. The first kappa shape index (κ1) is 11.1. The average Bonchev–Trinajstić information content (AvgIpc) is 2.77. The van der Waals surface area contributed by atoms with Crippen LogP contribution < -0.4 is 10.6 Å². The van der Waals surface area contributed by atoms with Crippen molar-refractivity contribution in [1.29, 1.82) is 0 Å². The van der Waals surface area contributed by atoms with Gasteiger partial charge in [0, 0.05) is 30.7 Å². The Kier molecular flexibility index (Phi) is 2.44. The predicted molar refractivity (Wildman–Crippen MR) is 72.4 cm³/mol. The lowest BCUT2D eigenvalue weighted by atomic mass is 10.0. The number of anilines is 1. The molecule has 0 aromatic heterocycles. The fourth-order valence-electron chi connectivity index (χ4n) is 3.18. The monoisotopic (exact) mass is 230 g/mol. The lowest BCUT2D eigenvalue weighted by Crippen LogP contribution is -2.17. The third-order valence-corrected chi connectivity index (χ3v) is 4.63. The van der Waals surface area contributed by atoms with E-state index in [2.05, 4.69) is 43.0 Å². The van der Waals surface area contributed by atoms with E-state index in [1.165, 1.54) is 37.2 Å². The van der Waals surface area contributed by atoms with Crippen molar-refractivity contribution in [3.8, 4) is 0 Å². The van der Waals surface area contributed by atoms with E-state index in [1.807, 2.05) is 0 Å². The molecule has 2 aliphatic rings. The zero-order valence-electron chi connectivity index (χ0n) is 10.8. The number of hydrogen-bond donors (Lipinski definition) is 1. The Morgan fingerprint density at radius 3 is 2.12 bits per heavy atom. The van der Waals surface area contributed by atoms with Crippen molar-refractivity contribution in [3.63, 3.8) is 0 Å². The van der Waals surface area contributed by atoms with Gasteiger partial charge in [0.15, 0.2) is 0 Å². The van der Waals surface area contributed by atoms with Gasteiger partial charge in [-0.2, -0.15) is 0 Å². The molecule has 1 saturated carbocycles. The molecule has 1 aromatic rings. The molecule has 1 aliphatic heterocycles. The van der Waals surface area contributed by atoms with Gasteiger partial charge < -0.3 is 10.6 Å². The maximum absolute atomic E-state index is 6.13. The summed E-state index contributed by atoms with van der Waals surface area (Å²) in [7, 11) is 0. The van der Waals surface area contributed by atoms with Crippen LogP contribution in [0, 0.1) is 5.41 Å². The fourth-order valence-corrected chi connectivity index (χ4v) is 3.18. The van der Waals surface area contributed by atoms with Gasteiger partial charge in [0.05, 0.1) is 0 Å². The number of rotatable bonds is 2. The van der Waals surface area contributed by atoms with Crippen LogP contribution in [0.5, 0.6) is 0 Å². The molecule has 0 radical (unpaired) electrons. The lowest BCUT2D eigenvalue weighted by molar-refractivity contribution is 0.599. The maximum atomic E-state index is 6.13. The Bertz CT molecular complexity index is 401. The first-order chi connectivity index (χ1) is 8.10. The van der Waals surface area contributed by atoms with Crippen molar-refractivity contribution in [1.82, 2.24) is 0 Å². The summed E-state index contributed by atoms with van der Waals surface area (Å²) in [5.41, 5.74) is 9.19. The first-order valence-electron chi connectivity index (χ1n) is 6.71. The Morgan fingerprint density at radius 2 is 1.65 bits per heavy atom. The number of nitrogens with two attached hydrogens (primary N) is 1. The summed E-state index contributed by atoms with van der Waals surface area (Å²) in [6, 6.07) is 9.41. The summed E-state index contributed by atoms with van der Waals surface area (Å²) in [6.45, 7) is 6.95. The summed E-state index contributed by atoms with van der Waals surface area (Å²) in [6.07, 6.45) is 2.67. The molecule has 2 N–H and O–H groups in total. The summed E-state index contributed by atoms with van der Waals surface area (Å²) in [4.78, 5) is 2.47. The third-order valence-electron chi connectivity index (χ3n) is 4.63. The second kappa shape index (κ2) is 3.74. The van der Waals surface area contributed by atoms with Gasteiger partial charge in [0.1, 0.15) is 0 Å². The summed E-state index contributed by atoms with van der Waals surface area (Å²) in [5.74, 6) is 0.551. The average molecular weight is 230 g/mol. The number of nitrogens with zero attached hydrogens (tertiary/aromatic N) is 1. The number of benzene rings is 1. The van der Waals surface area contributed by atoms with Crippen molar-refractivity contribution in [2.45, 2.75) is 38.6 Å². The van der Waals surface area contributed by atoms with E-state index in [0.717, 1.165) is 0 Å². The topological polar surface area (TPSA) is 29.3 Å². The molecular weight excluding hydrogens is 208 g/mol. The van der Waals surface area contributed by atoms with Gasteiger partial charge in [0.2, 0.25) is 0 Å². The second-order valence-corrected chi connectivity index (χ2v) is 6.11. The molecule has 1 saturated heterocycles. The molecule has 17 heavy (non-hydrogen) atoms. The largest absolute Gasteiger partial charge is 0.372 e. The van der Waals surface area contributed by atoms with Gasteiger partial charge in [-0.25, -0.2) is 0 Å². The molecule has 1 heterocycles. The van der Waals surface area contributed by atoms with Crippen LogP contribution in [0.15, 0.2) is 24.3 Å². The smallest absolute Gasteiger partial charge is 0.0366 e. The molecule has 0 spiro atoms. The molecule has 92 valence electrons. The quantitative estimate of drug-likeness (QED) is 0.846. The van der Waals surface area contributed by atoms with Crippen LogP contribution in [0.1, 0.15) is 38.2 Å².